The zero-order valence-corrected chi connectivity index (χ0v) is 13.5. The van der Waals surface area contributed by atoms with Gasteiger partial charge in [-0.25, -0.2) is 8.42 Å². The number of halogens is 1. The maximum Gasteiger partial charge on any atom is 0.261 e. The van der Waals surface area contributed by atoms with Crippen molar-refractivity contribution in [3.8, 4) is 0 Å². The van der Waals surface area contributed by atoms with Gasteiger partial charge in [0.2, 0.25) is 5.91 Å². The average Bonchev–Trinajstić information content (AvgIpc) is 2.37. The van der Waals surface area contributed by atoms with E-state index in [0.717, 1.165) is 12.0 Å². The SMILES string of the molecule is CCC(C)CC(=O)NC(C)c1ccc(S(=O)(=O)Cl)cc1. The van der Waals surface area contributed by atoms with Crippen LogP contribution >= 0.6 is 10.7 Å². The number of carbonyl (C=O) groups is 1. The first-order valence-corrected chi connectivity index (χ1v) is 8.89. The molecule has 112 valence electrons. The fourth-order valence-corrected chi connectivity index (χ4v) is 2.53. The third kappa shape index (κ3) is 5.13. The second-order valence-corrected chi connectivity index (χ2v) is 7.58. The third-order valence-electron chi connectivity index (χ3n) is 3.27. The fourth-order valence-electron chi connectivity index (χ4n) is 1.76. The van der Waals surface area contributed by atoms with Crippen molar-refractivity contribution in [1.29, 1.82) is 0 Å². The van der Waals surface area contributed by atoms with Crippen molar-refractivity contribution < 1.29 is 13.2 Å². The molecule has 0 saturated carbocycles. The predicted octanol–water partition coefficient (Wildman–Crippen LogP) is 3.23. The van der Waals surface area contributed by atoms with Gasteiger partial charge in [0.05, 0.1) is 10.9 Å². The van der Waals surface area contributed by atoms with E-state index in [0.29, 0.717) is 12.3 Å². The topological polar surface area (TPSA) is 63.2 Å². The van der Waals surface area contributed by atoms with Crippen molar-refractivity contribution in [2.24, 2.45) is 5.92 Å². The van der Waals surface area contributed by atoms with Gasteiger partial charge in [-0.05, 0) is 30.5 Å². The van der Waals surface area contributed by atoms with Crippen molar-refractivity contribution in [3.63, 3.8) is 0 Å². The molecule has 0 fully saturated rings. The Morgan fingerprint density at radius 3 is 2.25 bits per heavy atom. The van der Waals surface area contributed by atoms with Crippen LogP contribution in [0.5, 0.6) is 0 Å². The molecule has 6 heteroatoms. The zero-order chi connectivity index (χ0) is 15.3. The van der Waals surface area contributed by atoms with E-state index in [2.05, 4.69) is 5.32 Å². The molecule has 0 bridgehead atoms. The van der Waals surface area contributed by atoms with Gasteiger partial charge >= 0.3 is 0 Å². The van der Waals surface area contributed by atoms with E-state index >= 15 is 0 Å². The Labute approximate surface area is 124 Å². The van der Waals surface area contributed by atoms with Crippen LogP contribution in [0.3, 0.4) is 0 Å². The first-order valence-electron chi connectivity index (χ1n) is 6.58. The zero-order valence-electron chi connectivity index (χ0n) is 11.9. The van der Waals surface area contributed by atoms with Crippen LogP contribution in [0.4, 0.5) is 0 Å². The van der Waals surface area contributed by atoms with E-state index in [1.807, 2.05) is 20.8 Å². The van der Waals surface area contributed by atoms with Crippen LogP contribution in [0.1, 0.15) is 45.2 Å². The molecule has 0 spiro atoms. The minimum Gasteiger partial charge on any atom is -0.350 e. The Morgan fingerprint density at radius 1 is 1.25 bits per heavy atom. The largest absolute Gasteiger partial charge is 0.350 e. The average molecular weight is 318 g/mol. The first kappa shape index (κ1) is 17.0. The summed E-state index contributed by atoms with van der Waals surface area (Å²) in [5, 5.41) is 2.90. The number of nitrogens with one attached hydrogen (secondary N) is 1. The van der Waals surface area contributed by atoms with Crippen molar-refractivity contribution in [2.75, 3.05) is 0 Å². The summed E-state index contributed by atoms with van der Waals surface area (Å²) in [5.74, 6) is 0.354. The lowest BCUT2D eigenvalue weighted by atomic mass is 10.0. The molecule has 2 unspecified atom stereocenters. The van der Waals surface area contributed by atoms with Gasteiger partial charge in [0, 0.05) is 17.1 Å². The predicted molar refractivity (Wildman–Crippen MR) is 80.1 cm³/mol. The highest BCUT2D eigenvalue weighted by Gasteiger charge is 2.14. The monoisotopic (exact) mass is 317 g/mol. The summed E-state index contributed by atoms with van der Waals surface area (Å²) >= 11 is 0. The van der Waals surface area contributed by atoms with E-state index in [4.69, 9.17) is 10.7 Å². The van der Waals surface area contributed by atoms with Crippen LogP contribution in [0, 0.1) is 5.92 Å². The van der Waals surface area contributed by atoms with Crippen LogP contribution in [0.15, 0.2) is 29.2 Å². The molecule has 1 aromatic carbocycles. The molecule has 20 heavy (non-hydrogen) atoms. The van der Waals surface area contributed by atoms with Gasteiger partial charge < -0.3 is 5.32 Å². The van der Waals surface area contributed by atoms with Crippen LogP contribution < -0.4 is 5.32 Å². The molecule has 1 rings (SSSR count). The van der Waals surface area contributed by atoms with Gasteiger partial charge in [0.15, 0.2) is 0 Å². The minimum atomic E-state index is -3.70. The number of rotatable bonds is 6. The summed E-state index contributed by atoms with van der Waals surface area (Å²) in [4.78, 5) is 11.9. The van der Waals surface area contributed by atoms with Gasteiger partial charge in [-0.15, -0.1) is 0 Å². The number of benzene rings is 1. The van der Waals surface area contributed by atoms with E-state index in [-0.39, 0.29) is 16.8 Å². The molecular formula is C14H20ClNO3S. The third-order valence-corrected chi connectivity index (χ3v) is 4.64. The van der Waals surface area contributed by atoms with E-state index in [9.17, 15) is 13.2 Å². The molecule has 0 radical (unpaired) electrons. The summed E-state index contributed by atoms with van der Waals surface area (Å²) in [6.45, 7) is 5.94. The maximum atomic E-state index is 11.8. The van der Waals surface area contributed by atoms with Gasteiger partial charge in [-0.3, -0.25) is 4.79 Å². The summed E-state index contributed by atoms with van der Waals surface area (Å²) in [7, 11) is 1.55. The molecule has 2 atom stereocenters. The maximum absolute atomic E-state index is 11.8. The molecule has 0 aliphatic rings. The Kier molecular flexibility index (Phi) is 6.02. The summed E-state index contributed by atoms with van der Waals surface area (Å²) in [5.41, 5.74) is 0.839. The van der Waals surface area contributed by atoms with Crippen LogP contribution in [-0.4, -0.2) is 14.3 Å². The summed E-state index contributed by atoms with van der Waals surface area (Å²) in [6.07, 6.45) is 1.46. The Hall–Kier alpha value is -1.07. The van der Waals surface area contributed by atoms with Crippen LogP contribution in [0.2, 0.25) is 0 Å². The summed E-state index contributed by atoms with van der Waals surface area (Å²) in [6, 6.07) is 6.02. The molecule has 4 nitrogen and oxygen atoms in total. The molecule has 0 aliphatic heterocycles. The van der Waals surface area contributed by atoms with Gasteiger partial charge in [-0.2, -0.15) is 0 Å². The molecule has 0 saturated heterocycles. The Morgan fingerprint density at radius 2 is 1.80 bits per heavy atom. The smallest absolute Gasteiger partial charge is 0.261 e. The highest BCUT2D eigenvalue weighted by atomic mass is 35.7. The van der Waals surface area contributed by atoms with Crippen molar-refractivity contribution >= 4 is 25.6 Å². The van der Waals surface area contributed by atoms with Crippen LogP contribution in [-0.2, 0) is 13.8 Å². The Balaban J connectivity index is 2.69. The second-order valence-electron chi connectivity index (χ2n) is 5.01. The molecule has 0 aliphatic carbocycles. The molecule has 1 aromatic rings. The van der Waals surface area contributed by atoms with Crippen molar-refractivity contribution in [1.82, 2.24) is 5.32 Å². The molecule has 1 N–H and O–H groups in total. The normalized spacial score (nSPS) is 14.6. The van der Waals surface area contributed by atoms with Crippen LogP contribution in [0.25, 0.3) is 0 Å². The number of amides is 1. The van der Waals surface area contributed by atoms with Gasteiger partial charge in [0.1, 0.15) is 0 Å². The highest BCUT2D eigenvalue weighted by molar-refractivity contribution is 8.13. The number of hydrogen-bond acceptors (Lipinski definition) is 3. The van der Waals surface area contributed by atoms with Crippen molar-refractivity contribution in [3.05, 3.63) is 29.8 Å². The van der Waals surface area contributed by atoms with E-state index < -0.39 is 9.05 Å². The quantitative estimate of drug-likeness (QED) is 0.819. The first-order chi connectivity index (χ1) is 9.24. The molecule has 1 amide bonds. The molecule has 0 heterocycles. The standard InChI is InChI=1S/C14H20ClNO3S/c1-4-10(2)9-14(17)16-11(3)12-5-7-13(8-6-12)20(15,18)19/h5-8,10-11H,4,9H2,1-3H3,(H,16,17). The molecule has 0 aromatic heterocycles. The minimum absolute atomic E-state index is 0.000825. The van der Waals surface area contributed by atoms with Gasteiger partial charge in [-0.1, -0.05) is 32.4 Å². The summed E-state index contributed by atoms with van der Waals surface area (Å²) < 4.78 is 22.3. The van der Waals surface area contributed by atoms with E-state index in [1.165, 1.54) is 12.1 Å². The second kappa shape index (κ2) is 7.09. The van der Waals surface area contributed by atoms with Gasteiger partial charge in [0.25, 0.3) is 9.05 Å². The lowest BCUT2D eigenvalue weighted by molar-refractivity contribution is -0.122. The highest BCUT2D eigenvalue weighted by Crippen LogP contribution is 2.19. The number of hydrogen-bond donors (Lipinski definition) is 1. The fraction of sp³-hybridized carbons (Fsp3) is 0.500. The number of carbonyl (C=O) groups excluding carboxylic acids is 1. The van der Waals surface area contributed by atoms with E-state index in [1.54, 1.807) is 12.1 Å². The van der Waals surface area contributed by atoms with Crippen molar-refractivity contribution in [2.45, 2.75) is 44.6 Å². The lowest BCUT2D eigenvalue weighted by Gasteiger charge is -2.16. The lowest BCUT2D eigenvalue weighted by Crippen LogP contribution is -2.27. The Bertz CT molecular complexity index is 554. The molecular weight excluding hydrogens is 298 g/mol.